The summed E-state index contributed by atoms with van der Waals surface area (Å²) in [6, 6.07) is 34.8. The minimum Gasteiger partial charge on any atom is -0.497 e. The van der Waals surface area contributed by atoms with Gasteiger partial charge in [-0.2, -0.15) is 0 Å². The molecule has 1 spiro atoms. The molecule has 11 heteroatoms. The van der Waals surface area contributed by atoms with Crippen molar-refractivity contribution >= 4 is 30.8 Å². The van der Waals surface area contributed by atoms with Crippen molar-refractivity contribution in [2.24, 2.45) is 5.92 Å². The second-order valence-electron chi connectivity index (χ2n) is 16.0. The largest absolute Gasteiger partial charge is 0.497 e. The number of hydrogen-bond donors (Lipinski definition) is 1. The fraction of sp³-hybridized carbons (Fsp3) is 0.326. The summed E-state index contributed by atoms with van der Waals surface area (Å²) in [4.78, 5) is 46.4. The molecule has 1 saturated heterocycles. The van der Waals surface area contributed by atoms with Crippen LogP contribution in [0.4, 0.5) is 5.69 Å². The fourth-order valence-corrected chi connectivity index (χ4v) is 13.7. The summed E-state index contributed by atoms with van der Waals surface area (Å²) < 4.78 is 19.5. The summed E-state index contributed by atoms with van der Waals surface area (Å²) in [5.74, 6) is 0.498. The minimum absolute atomic E-state index is 0.0859. The highest BCUT2D eigenvalue weighted by Crippen LogP contribution is 2.60. The SMILES string of the molecule is COc1ccc([Si](C)(C)[C@H]2[C@H](CC(=O)N3Cc4ccccc4C[C@H]3CO)O[C@@]3(C(=O)N(Cc4ccc(-n5cccc(OC)c5=O)cc4)c4ccccc43)[C@@H]2C)cc1. The molecule has 3 aliphatic heterocycles. The second kappa shape index (κ2) is 15.1. The van der Waals surface area contributed by atoms with Crippen LogP contribution in [0.15, 0.2) is 120 Å². The second-order valence-corrected chi connectivity index (χ2v) is 20.7. The maximum atomic E-state index is 15.3. The quantitative estimate of drug-likeness (QED) is 0.174. The van der Waals surface area contributed by atoms with E-state index in [0.717, 1.165) is 33.7 Å². The number of benzene rings is 4. The Hall–Kier alpha value is -5.49. The lowest BCUT2D eigenvalue weighted by Crippen LogP contribution is -2.52. The van der Waals surface area contributed by atoms with Crippen LogP contribution in [0.1, 0.15) is 35.6 Å². The van der Waals surface area contributed by atoms with Gasteiger partial charge in [-0.25, -0.2) is 0 Å². The zero-order chi connectivity index (χ0) is 40.1. The molecular weight excluding hydrogens is 735 g/mol. The normalized spacial score (nSPS) is 22.7. The topological polar surface area (TPSA) is 111 Å². The van der Waals surface area contributed by atoms with Gasteiger partial charge < -0.3 is 29.1 Å². The molecule has 57 heavy (non-hydrogen) atoms. The summed E-state index contributed by atoms with van der Waals surface area (Å²) in [5.41, 5.74) is 3.68. The number of carbonyl (C=O) groups is 2. The standard InChI is InChI=1S/C46H49N3O7Si/c1-30-43(57(4,5)37-22-20-36(54-2)21-23-37)41(26-42(51)48-28-33-12-7-6-11-32(33)25-35(48)29-50)56-46(30)38-13-8-9-14-39(38)49(45(46)53)27-31-16-18-34(19-17-31)47-24-10-15-40(55-3)44(47)52/h6-24,30,35,41,43,50H,25-29H2,1-5H3/t30-,35+,41+,43-,46+/m1/s1. The molecule has 2 amide bonds. The highest BCUT2D eigenvalue weighted by atomic mass is 28.3. The van der Waals surface area contributed by atoms with Crippen molar-refractivity contribution in [1.29, 1.82) is 0 Å². The Morgan fingerprint density at radius 2 is 1.58 bits per heavy atom. The third-order valence-corrected chi connectivity index (χ3v) is 17.1. The molecule has 1 aromatic heterocycles. The molecule has 0 unspecified atom stereocenters. The van der Waals surface area contributed by atoms with Gasteiger partial charge in [-0.1, -0.05) is 91.9 Å². The van der Waals surface area contributed by atoms with Crippen molar-refractivity contribution in [3.8, 4) is 17.2 Å². The zero-order valence-electron chi connectivity index (χ0n) is 33.1. The lowest BCUT2D eigenvalue weighted by atomic mass is 9.82. The van der Waals surface area contributed by atoms with Crippen molar-refractivity contribution in [2.75, 3.05) is 25.7 Å². The van der Waals surface area contributed by atoms with E-state index in [0.29, 0.717) is 25.2 Å². The number of hydrogen-bond acceptors (Lipinski definition) is 7. The monoisotopic (exact) mass is 783 g/mol. The number of rotatable bonds is 10. The molecule has 0 saturated carbocycles. The Morgan fingerprint density at radius 1 is 0.877 bits per heavy atom. The van der Waals surface area contributed by atoms with Crippen molar-refractivity contribution in [3.05, 3.63) is 148 Å². The van der Waals surface area contributed by atoms with E-state index < -0.39 is 19.8 Å². The highest BCUT2D eigenvalue weighted by molar-refractivity contribution is 6.91. The van der Waals surface area contributed by atoms with E-state index in [9.17, 15) is 14.7 Å². The van der Waals surface area contributed by atoms with E-state index in [1.807, 2.05) is 83.8 Å². The van der Waals surface area contributed by atoms with Gasteiger partial charge in [-0.15, -0.1) is 0 Å². The lowest BCUT2D eigenvalue weighted by Gasteiger charge is -2.39. The summed E-state index contributed by atoms with van der Waals surface area (Å²) in [7, 11) is 0.620. The van der Waals surface area contributed by atoms with Gasteiger partial charge in [0, 0.05) is 29.9 Å². The Bertz CT molecular complexity index is 2360. The molecule has 3 aliphatic rings. The zero-order valence-corrected chi connectivity index (χ0v) is 34.1. The number of aliphatic hydroxyl groups is 1. The first-order valence-corrected chi connectivity index (χ1v) is 22.7. The van der Waals surface area contributed by atoms with Gasteiger partial charge >= 0.3 is 0 Å². The first-order chi connectivity index (χ1) is 27.5. The molecular formula is C46H49N3O7Si. The Balaban J connectivity index is 1.15. The van der Waals surface area contributed by atoms with Crippen molar-refractivity contribution in [3.63, 3.8) is 0 Å². The van der Waals surface area contributed by atoms with Gasteiger partial charge in [0.25, 0.3) is 11.5 Å². The van der Waals surface area contributed by atoms with Gasteiger partial charge in [0.05, 0.1) is 59.7 Å². The molecule has 10 nitrogen and oxygen atoms in total. The number of methoxy groups -OCH3 is 2. The number of amides is 2. The number of anilines is 1. The maximum Gasteiger partial charge on any atom is 0.297 e. The summed E-state index contributed by atoms with van der Waals surface area (Å²) >= 11 is 0. The van der Waals surface area contributed by atoms with Crippen LogP contribution in [0.2, 0.25) is 18.6 Å². The van der Waals surface area contributed by atoms with Crippen LogP contribution in [-0.4, -0.2) is 67.4 Å². The van der Waals surface area contributed by atoms with E-state index in [1.54, 1.807) is 30.3 Å². The molecule has 5 aromatic rings. The van der Waals surface area contributed by atoms with Crippen LogP contribution in [0.3, 0.4) is 0 Å². The van der Waals surface area contributed by atoms with E-state index >= 15 is 4.79 Å². The smallest absolute Gasteiger partial charge is 0.297 e. The van der Waals surface area contributed by atoms with Gasteiger partial charge in [-0.3, -0.25) is 19.0 Å². The van der Waals surface area contributed by atoms with Crippen LogP contribution >= 0.6 is 0 Å². The van der Waals surface area contributed by atoms with Crippen LogP contribution < -0.4 is 25.1 Å². The molecule has 294 valence electrons. The lowest BCUT2D eigenvalue weighted by molar-refractivity contribution is -0.151. The number of aliphatic hydroxyl groups excluding tert-OH is 1. The third-order valence-electron chi connectivity index (χ3n) is 12.7. The molecule has 4 heterocycles. The summed E-state index contributed by atoms with van der Waals surface area (Å²) in [6.07, 6.45) is 1.80. The maximum absolute atomic E-state index is 15.3. The Morgan fingerprint density at radius 3 is 2.28 bits per heavy atom. The first-order valence-electron chi connectivity index (χ1n) is 19.6. The number of fused-ring (bicyclic) bond motifs is 3. The highest BCUT2D eigenvalue weighted by Gasteiger charge is 2.66. The minimum atomic E-state index is -2.51. The van der Waals surface area contributed by atoms with E-state index in [1.165, 1.54) is 16.9 Å². The molecule has 5 atom stereocenters. The first kappa shape index (κ1) is 38.4. The molecule has 0 radical (unpaired) electrons. The Kier molecular flexibility index (Phi) is 10.2. The average Bonchev–Trinajstić information content (AvgIpc) is 3.66. The predicted molar refractivity (Wildman–Crippen MR) is 222 cm³/mol. The average molecular weight is 784 g/mol. The van der Waals surface area contributed by atoms with E-state index in [2.05, 4.69) is 38.2 Å². The summed E-state index contributed by atoms with van der Waals surface area (Å²) in [5, 5.41) is 11.7. The van der Waals surface area contributed by atoms with Crippen molar-refractivity contribution < 1.29 is 28.9 Å². The number of pyridine rings is 1. The number of carbonyl (C=O) groups excluding carboxylic acids is 2. The molecule has 4 aromatic carbocycles. The van der Waals surface area contributed by atoms with E-state index in [-0.39, 0.29) is 53.7 Å². The van der Waals surface area contributed by atoms with Gasteiger partial charge in [0.1, 0.15) is 5.75 Å². The van der Waals surface area contributed by atoms with Crippen molar-refractivity contribution in [2.45, 2.75) is 69.2 Å². The molecule has 1 fully saturated rings. The van der Waals surface area contributed by atoms with Gasteiger partial charge in [-0.05, 0) is 71.1 Å². The summed E-state index contributed by atoms with van der Waals surface area (Å²) in [6.45, 7) is 7.31. The molecule has 8 rings (SSSR count). The molecule has 0 bridgehead atoms. The van der Waals surface area contributed by atoms with Gasteiger partial charge in [0.2, 0.25) is 5.91 Å². The third kappa shape index (κ3) is 6.47. The van der Waals surface area contributed by atoms with E-state index in [4.69, 9.17) is 14.2 Å². The molecule has 1 N–H and O–H groups in total. The predicted octanol–water partition coefficient (Wildman–Crippen LogP) is 5.95. The number of ether oxygens (including phenoxy) is 3. The molecule has 0 aliphatic carbocycles. The Labute approximate surface area is 334 Å². The van der Waals surface area contributed by atoms with Crippen LogP contribution in [-0.2, 0) is 39.4 Å². The van der Waals surface area contributed by atoms with Crippen LogP contribution in [0.25, 0.3) is 5.69 Å². The van der Waals surface area contributed by atoms with Crippen molar-refractivity contribution in [1.82, 2.24) is 9.47 Å². The van der Waals surface area contributed by atoms with Crippen LogP contribution in [0.5, 0.6) is 11.5 Å². The fourth-order valence-electron chi connectivity index (χ4n) is 9.73. The number of nitrogens with zero attached hydrogens (tertiary/aromatic N) is 3. The van der Waals surface area contributed by atoms with Crippen LogP contribution in [0, 0.1) is 5.92 Å². The number of aromatic nitrogens is 1. The van der Waals surface area contributed by atoms with Gasteiger partial charge in [0.15, 0.2) is 11.4 Å². The number of para-hydroxylation sites is 1.